The van der Waals surface area contributed by atoms with Gasteiger partial charge in [-0.1, -0.05) is 37.6 Å². The van der Waals surface area contributed by atoms with E-state index in [4.69, 9.17) is 11.6 Å². The fourth-order valence-corrected chi connectivity index (χ4v) is 2.39. The predicted octanol–water partition coefficient (Wildman–Crippen LogP) is 4.93. The van der Waals surface area contributed by atoms with Gasteiger partial charge in [-0.2, -0.15) is 0 Å². The molecule has 0 heterocycles. The van der Waals surface area contributed by atoms with Crippen molar-refractivity contribution >= 4 is 28.9 Å². The molecule has 0 atom stereocenters. The maximum absolute atomic E-state index is 12.3. The Bertz CT molecular complexity index is 755. The Balaban J connectivity index is 2.23. The lowest BCUT2D eigenvalue weighted by Crippen LogP contribution is -2.13. The van der Waals surface area contributed by atoms with Gasteiger partial charge in [-0.3, -0.25) is 14.9 Å². The SMILES string of the molecule is Cc1cc([N+](=O)[O-])c(Cl)cc1NC(=O)c1ccc(C(C)C)cc1. The van der Waals surface area contributed by atoms with Crippen LogP contribution < -0.4 is 5.32 Å². The van der Waals surface area contributed by atoms with Gasteiger partial charge in [-0.15, -0.1) is 0 Å². The van der Waals surface area contributed by atoms with Crippen molar-refractivity contribution in [1.82, 2.24) is 0 Å². The number of benzene rings is 2. The minimum Gasteiger partial charge on any atom is -0.322 e. The molecule has 0 saturated carbocycles. The number of amides is 1. The minimum atomic E-state index is -0.550. The first-order valence-electron chi connectivity index (χ1n) is 7.15. The van der Waals surface area contributed by atoms with E-state index in [1.165, 1.54) is 12.1 Å². The van der Waals surface area contributed by atoms with Crippen LogP contribution >= 0.6 is 11.6 Å². The predicted molar refractivity (Wildman–Crippen MR) is 91.3 cm³/mol. The highest BCUT2D eigenvalue weighted by atomic mass is 35.5. The third-order valence-corrected chi connectivity index (χ3v) is 3.88. The first kappa shape index (κ1) is 17.0. The second-order valence-corrected chi connectivity index (χ2v) is 6.01. The zero-order valence-electron chi connectivity index (χ0n) is 13.1. The summed E-state index contributed by atoms with van der Waals surface area (Å²) in [5, 5.41) is 13.6. The maximum Gasteiger partial charge on any atom is 0.288 e. The zero-order chi connectivity index (χ0) is 17.1. The van der Waals surface area contributed by atoms with Crippen molar-refractivity contribution in [2.75, 3.05) is 5.32 Å². The molecule has 0 bridgehead atoms. The van der Waals surface area contributed by atoms with Crippen LogP contribution in [-0.4, -0.2) is 10.8 Å². The molecule has 0 radical (unpaired) electrons. The first-order chi connectivity index (χ1) is 10.8. The molecule has 1 amide bonds. The molecule has 6 heteroatoms. The molecule has 1 N–H and O–H groups in total. The van der Waals surface area contributed by atoms with Gasteiger partial charge in [0.25, 0.3) is 11.6 Å². The van der Waals surface area contributed by atoms with Gasteiger partial charge in [-0.05, 0) is 42.2 Å². The van der Waals surface area contributed by atoms with Crippen LogP contribution in [0.4, 0.5) is 11.4 Å². The lowest BCUT2D eigenvalue weighted by Gasteiger charge is -2.10. The van der Waals surface area contributed by atoms with Crippen LogP contribution in [0.5, 0.6) is 0 Å². The molecule has 0 saturated heterocycles. The number of aryl methyl sites for hydroxylation is 1. The molecule has 0 unspecified atom stereocenters. The highest BCUT2D eigenvalue weighted by Gasteiger charge is 2.16. The molecule has 120 valence electrons. The molecule has 0 aliphatic heterocycles. The Kier molecular flexibility index (Phi) is 5.01. The number of nitro benzene ring substituents is 1. The second kappa shape index (κ2) is 6.79. The quantitative estimate of drug-likeness (QED) is 0.637. The fourth-order valence-electron chi connectivity index (χ4n) is 2.15. The number of carbonyl (C=O) groups is 1. The van der Waals surface area contributed by atoms with Gasteiger partial charge >= 0.3 is 0 Å². The van der Waals surface area contributed by atoms with Gasteiger partial charge in [0.15, 0.2) is 0 Å². The van der Waals surface area contributed by atoms with Crippen molar-refractivity contribution in [2.45, 2.75) is 26.7 Å². The van der Waals surface area contributed by atoms with Crippen molar-refractivity contribution in [3.63, 3.8) is 0 Å². The van der Waals surface area contributed by atoms with E-state index in [-0.39, 0.29) is 16.6 Å². The summed E-state index contributed by atoms with van der Waals surface area (Å²) >= 11 is 5.89. The number of rotatable bonds is 4. The van der Waals surface area contributed by atoms with Crippen LogP contribution in [0.2, 0.25) is 5.02 Å². The summed E-state index contributed by atoms with van der Waals surface area (Å²) in [5.74, 6) is 0.108. The van der Waals surface area contributed by atoms with Crippen LogP contribution in [0.25, 0.3) is 0 Å². The van der Waals surface area contributed by atoms with Gasteiger partial charge in [0, 0.05) is 17.3 Å². The van der Waals surface area contributed by atoms with E-state index in [1.807, 2.05) is 12.1 Å². The van der Waals surface area contributed by atoms with E-state index in [2.05, 4.69) is 19.2 Å². The van der Waals surface area contributed by atoms with Crippen molar-refractivity contribution in [1.29, 1.82) is 0 Å². The summed E-state index contributed by atoms with van der Waals surface area (Å²) in [4.78, 5) is 22.6. The summed E-state index contributed by atoms with van der Waals surface area (Å²) in [6, 6.07) is 10.1. The molecule has 23 heavy (non-hydrogen) atoms. The molecular weight excluding hydrogens is 316 g/mol. The topological polar surface area (TPSA) is 72.2 Å². The normalized spacial score (nSPS) is 10.7. The molecule has 2 aromatic rings. The summed E-state index contributed by atoms with van der Waals surface area (Å²) in [6.07, 6.45) is 0. The summed E-state index contributed by atoms with van der Waals surface area (Å²) < 4.78 is 0. The van der Waals surface area contributed by atoms with E-state index in [1.54, 1.807) is 19.1 Å². The third kappa shape index (κ3) is 3.87. The van der Waals surface area contributed by atoms with Crippen LogP contribution in [-0.2, 0) is 0 Å². The summed E-state index contributed by atoms with van der Waals surface area (Å²) in [7, 11) is 0. The average molecular weight is 333 g/mol. The number of nitro groups is 1. The zero-order valence-corrected chi connectivity index (χ0v) is 13.8. The Labute approximate surface area is 139 Å². The number of hydrogen-bond acceptors (Lipinski definition) is 3. The first-order valence-corrected chi connectivity index (χ1v) is 7.53. The van der Waals surface area contributed by atoms with E-state index >= 15 is 0 Å². The standard InChI is InChI=1S/C17H17ClN2O3/c1-10(2)12-4-6-13(7-5-12)17(21)19-15-9-14(18)16(20(22)23)8-11(15)3/h4-10H,1-3H3,(H,19,21). The van der Waals surface area contributed by atoms with Crippen LogP contribution in [0.1, 0.15) is 41.3 Å². The molecule has 0 fully saturated rings. The Morgan fingerprint density at radius 1 is 1.22 bits per heavy atom. The molecule has 0 aromatic heterocycles. The number of carbonyl (C=O) groups excluding carboxylic acids is 1. The molecule has 2 aromatic carbocycles. The molecule has 0 aliphatic carbocycles. The van der Waals surface area contributed by atoms with Gasteiger partial charge in [0.1, 0.15) is 5.02 Å². The average Bonchev–Trinajstić information content (AvgIpc) is 2.50. The minimum absolute atomic E-state index is 0.00828. The number of anilines is 1. The fraction of sp³-hybridized carbons (Fsp3) is 0.235. The van der Waals surface area contributed by atoms with Crippen molar-refractivity contribution in [3.8, 4) is 0 Å². The highest BCUT2D eigenvalue weighted by molar-refractivity contribution is 6.33. The summed E-state index contributed by atoms with van der Waals surface area (Å²) in [5.41, 5.74) is 2.52. The molecule has 2 rings (SSSR count). The van der Waals surface area contributed by atoms with Gasteiger partial charge in [-0.25, -0.2) is 0 Å². The highest BCUT2D eigenvalue weighted by Crippen LogP contribution is 2.30. The van der Waals surface area contributed by atoms with Gasteiger partial charge in [0.05, 0.1) is 4.92 Å². The number of nitrogens with zero attached hydrogens (tertiary/aromatic N) is 1. The lowest BCUT2D eigenvalue weighted by atomic mass is 10.0. The van der Waals surface area contributed by atoms with Gasteiger partial charge in [0.2, 0.25) is 0 Å². The van der Waals surface area contributed by atoms with Crippen LogP contribution in [0.3, 0.4) is 0 Å². The maximum atomic E-state index is 12.3. The third-order valence-electron chi connectivity index (χ3n) is 3.58. The molecule has 0 aliphatic rings. The Hall–Kier alpha value is -2.40. The molecule has 5 nitrogen and oxygen atoms in total. The van der Waals surface area contributed by atoms with E-state index in [0.717, 1.165) is 5.56 Å². The number of nitrogens with one attached hydrogen (secondary N) is 1. The molecular formula is C17H17ClN2O3. The van der Waals surface area contributed by atoms with Crippen molar-refractivity contribution in [3.05, 3.63) is 68.2 Å². The number of hydrogen-bond donors (Lipinski definition) is 1. The van der Waals surface area contributed by atoms with Gasteiger partial charge < -0.3 is 5.32 Å². The van der Waals surface area contributed by atoms with Crippen molar-refractivity contribution < 1.29 is 9.72 Å². The molecule has 0 spiro atoms. The van der Waals surface area contributed by atoms with E-state index in [9.17, 15) is 14.9 Å². The summed E-state index contributed by atoms with van der Waals surface area (Å²) in [6.45, 7) is 5.84. The monoisotopic (exact) mass is 332 g/mol. The number of halogens is 1. The van der Waals surface area contributed by atoms with Crippen molar-refractivity contribution in [2.24, 2.45) is 0 Å². The van der Waals surface area contributed by atoms with E-state index in [0.29, 0.717) is 22.7 Å². The van der Waals surface area contributed by atoms with E-state index < -0.39 is 4.92 Å². The second-order valence-electron chi connectivity index (χ2n) is 5.61. The van der Waals surface area contributed by atoms with Crippen LogP contribution in [0, 0.1) is 17.0 Å². The largest absolute Gasteiger partial charge is 0.322 e. The van der Waals surface area contributed by atoms with Crippen LogP contribution in [0.15, 0.2) is 36.4 Å². The Morgan fingerprint density at radius 3 is 2.35 bits per heavy atom. The smallest absolute Gasteiger partial charge is 0.288 e. The lowest BCUT2D eigenvalue weighted by molar-refractivity contribution is -0.384. The Morgan fingerprint density at radius 2 is 1.83 bits per heavy atom.